The third kappa shape index (κ3) is 1.60. The predicted octanol–water partition coefficient (Wildman–Crippen LogP) is 2.48. The highest BCUT2D eigenvalue weighted by Crippen LogP contribution is 2.49. The van der Waals surface area contributed by atoms with Gasteiger partial charge in [0.2, 0.25) is 0 Å². The van der Waals surface area contributed by atoms with Crippen molar-refractivity contribution >= 4 is 11.6 Å². The number of halogens is 2. The molecule has 0 radical (unpaired) electrons. The van der Waals surface area contributed by atoms with Crippen molar-refractivity contribution in [2.75, 3.05) is 13.7 Å². The first-order valence-corrected chi connectivity index (χ1v) is 5.25. The molecule has 1 aliphatic rings. The van der Waals surface area contributed by atoms with Gasteiger partial charge in [0.25, 0.3) is 0 Å². The lowest BCUT2D eigenvalue weighted by Gasteiger charge is -2.15. The zero-order valence-corrected chi connectivity index (χ0v) is 9.27. The molecular formula is C11H13ClFNO. The topological polar surface area (TPSA) is 35.2 Å². The monoisotopic (exact) mass is 229 g/mol. The fourth-order valence-corrected chi connectivity index (χ4v) is 2.08. The van der Waals surface area contributed by atoms with E-state index in [2.05, 4.69) is 0 Å². The van der Waals surface area contributed by atoms with Crippen LogP contribution in [0.5, 0.6) is 5.75 Å². The van der Waals surface area contributed by atoms with E-state index in [0.29, 0.717) is 17.9 Å². The molecule has 15 heavy (non-hydrogen) atoms. The molecule has 82 valence electrons. The van der Waals surface area contributed by atoms with Crippen molar-refractivity contribution in [2.45, 2.75) is 18.3 Å². The van der Waals surface area contributed by atoms with Crippen LogP contribution in [0, 0.1) is 5.82 Å². The van der Waals surface area contributed by atoms with E-state index in [4.69, 9.17) is 22.1 Å². The summed E-state index contributed by atoms with van der Waals surface area (Å²) in [5, 5.41) is 0.0507. The molecule has 2 nitrogen and oxygen atoms in total. The average molecular weight is 230 g/mol. The summed E-state index contributed by atoms with van der Waals surface area (Å²) in [5.74, 6) is -0.0234. The fraction of sp³-hybridized carbons (Fsp3) is 0.455. The van der Waals surface area contributed by atoms with E-state index < -0.39 is 0 Å². The average Bonchev–Trinajstić information content (AvgIpc) is 3.03. The van der Waals surface area contributed by atoms with E-state index in [1.54, 1.807) is 12.1 Å². The maximum absolute atomic E-state index is 13.9. The first-order valence-electron chi connectivity index (χ1n) is 4.87. The third-order valence-electron chi connectivity index (χ3n) is 3.08. The third-order valence-corrected chi connectivity index (χ3v) is 3.43. The molecule has 0 atom stereocenters. The largest absolute Gasteiger partial charge is 0.495 e. The van der Waals surface area contributed by atoms with Gasteiger partial charge in [-0.25, -0.2) is 4.39 Å². The van der Waals surface area contributed by atoms with Crippen LogP contribution in [0.25, 0.3) is 0 Å². The molecule has 0 aliphatic heterocycles. The van der Waals surface area contributed by atoms with Gasteiger partial charge < -0.3 is 10.5 Å². The lowest BCUT2D eigenvalue weighted by molar-refractivity contribution is 0.410. The van der Waals surface area contributed by atoms with Gasteiger partial charge in [-0.3, -0.25) is 0 Å². The van der Waals surface area contributed by atoms with Crippen LogP contribution in [-0.2, 0) is 5.41 Å². The molecule has 2 rings (SSSR count). The highest BCUT2D eigenvalue weighted by atomic mass is 35.5. The zero-order chi connectivity index (χ0) is 11.1. The summed E-state index contributed by atoms with van der Waals surface area (Å²) in [6, 6.07) is 3.41. The summed E-state index contributed by atoms with van der Waals surface area (Å²) in [6.07, 6.45) is 1.87. The van der Waals surface area contributed by atoms with Crippen LogP contribution in [0.2, 0.25) is 5.02 Å². The van der Waals surface area contributed by atoms with E-state index in [0.717, 1.165) is 12.8 Å². The summed E-state index contributed by atoms with van der Waals surface area (Å²) in [4.78, 5) is 0. The number of benzene rings is 1. The molecule has 1 fully saturated rings. The van der Waals surface area contributed by atoms with Crippen LogP contribution in [-0.4, -0.2) is 13.7 Å². The van der Waals surface area contributed by atoms with Crippen LogP contribution in [0.1, 0.15) is 18.4 Å². The second kappa shape index (κ2) is 3.65. The van der Waals surface area contributed by atoms with E-state index in [9.17, 15) is 4.39 Å². The molecule has 2 N–H and O–H groups in total. The molecule has 0 heterocycles. The predicted molar refractivity (Wildman–Crippen MR) is 57.9 cm³/mol. The number of methoxy groups -OCH3 is 1. The minimum atomic E-state index is -0.390. The zero-order valence-electron chi connectivity index (χ0n) is 8.52. The van der Waals surface area contributed by atoms with Gasteiger partial charge >= 0.3 is 0 Å². The quantitative estimate of drug-likeness (QED) is 0.864. The number of rotatable bonds is 3. The second-order valence-electron chi connectivity index (χ2n) is 3.93. The minimum Gasteiger partial charge on any atom is -0.495 e. The molecule has 0 amide bonds. The van der Waals surface area contributed by atoms with Crippen LogP contribution in [0.3, 0.4) is 0 Å². The number of hydrogen-bond donors (Lipinski definition) is 1. The standard InChI is InChI=1S/C11H13ClFNO/c1-15-8-3-2-7(10(13)9(8)12)11(6-14)4-5-11/h2-3H,4-6,14H2,1H3. The van der Waals surface area contributed by atoms with Gasteiger partial charge in [-0.2, -0.15) is 0 Å². The lowest BCUT2D eigenvalue weighted by atomic mass is 9.95. The van der Waals surface area contributed by atoms with E-state index in [1.165, 1.54) is 7.11 Å². The van der Waals surface area contributed by atoms with E-state index in [-0.39, 0.29) is 16.3 Å². The van der Waals surface area contributed by atoms with Crippen LogP contribution >= 0.6 is 11.6 Å². The molecule has 0 aromatic heterocycles. The van der Waals surface area contributed by atoms with Gasteiger partial charge in [0.15, 0.2) is 0 Å². The smallest absolute Gasteiger partial charge is 0.149 e. The van der Waals surface area contributed by atoms with E-state index >= 15 is 0 Å². The second-order valence-corrected chi connectivity index (χ2v) is 4.31. The molecule has 1 saturated carbocycles. The Morgan fingerprint density at radius 2 is 2.20 bits per heavy atom. The van der Waals surface area contributed by atoms with Crippen molar-refractivity contribution in [2.24, 2.45) is 5.73 Å². The Balaban J connectivity index is 2.47. The first kappa shape index (κ1) is 10.7. The Kier molecular flexibility index (Phi) is 2.61. The summed E-state index contributed by atoms with van der Waals surface area (Å²) >= 11 is 5.85. The number of ether oxygens (including phenoxy) is 1. The summed E-state index contributed by atoms with van der Waals surface area (Å²) < 4.78 is 18.8. The fourth-order valence-electron chi connectivity index (χ4n) is 1.83. The first-order chi connectivity index (χ1) is 7.14. The normalized spacial score (nSPS) is 17.6. The van der Waals surface area contributed by atoms with Gasteiger partial charge in [-0.05, 0) is 24.5 Å². The molecule has 0 bridgehead atoms. The highest BCUT2D eigenvalue weighted by molar-refractivity contribution is 6.32. The SMILES string of the molecule is COc1ccc(C2(CN)CC2)c(F)c1Cl. The molecule has 1 aromatic rings. The molecule has 1 aliphatic carbocycles. The molecule has 0 unspecified atom stereocenters. The molecular weight excluding hydrogens is 217 g/mol. The van der Waals surface area contributed by atoms with Gasteiger partial charge in [0.05, 0.1) is 7.11 Å². The Labute approximate surface area is 93.2 Å². The maximum Gasteiger partial charge on any atom is 0.149 e. The Morgan fingerprint density at radius 1 is 1.53 bits per heavy atom. The minimum absolute atomic E-state index is 0.0507. The van der Waals surface area contributed by atoms with Gasteiger partial charge in [-0.15, -0.1) is 0 Å². The van der Waals surface area contributed by atoms with Gasteiger partial charge in [0.1, 0.15) is 16.6 Å². The maximum atomic E-state index is 13.9. The number of nitrogens with two attached hydrogens (primary N) is 1. The molecule has 1 aromatic carbocycles. The Morgan fingerprint density at radius 3 is 2.67 bits per heavy atom. The van der Waals surface area contributed by atoms with Crippen molar-refractivity contribution in [3.8, 4) is 5.75 Å². The van der Waals surface area contributed by atoms with Crippen LogP contribution in [0.15, 0.2) is 12.1 Å². The highest BCUT2D eigenvalue weighted by Gasteiger charge is 2.45. The van der Waals surface area contributed by atoms with Crippen molar-refractivity contribution in [1.82, 2.24) is 0 Å². The Hall–Kier alpha value is -0.800. The van der Waals surface area contributed by atoms with Crippen molar-refractivity contribution in [3.63, 3.8) is 0 Å². The Bertz CT molecular complexity index is 390. The lowest BCUT2D eigenvalue weighted by Crippen LogP contribution is -2.21. The summed E-state index contributed by atoms with van der Waals surface area (Å²) in [7, 11) is 1.47. The van der Waals surface area contributed by atoms with Gasteiger partial charge in [0, 0.05) is 12.0 Å². The number of hydrogen-bond acceptors (Lipinski definition) is 2. The molecule has 0 saturated heterocycles. The molecule has 0 spiro atoms. The van der Waals surface area contributed by atoms with E-state index in [1.807, 2.05) is 0 Å². The van der Waals surface area contributed by atoms with Gasteiger partial charge in [-0.1, -0.05) is 17.7 Å². The summed E-state index contributed by atoms with van der Waals surface area (Å²) in [5.41, 5.74) is 6.09. The van der Waals surface area contributed by atoms with Crippen LogP contribution in [0.4, 0.5) is 4.39 Å². The van der Waals surface area contributed by atoms with Crippen molar-refractivity contribution in [1.29, 1.82) is 0 Å². The summed E-state index contributed by atoms with van der Waals surface area (Å²) in [6.45, 7) is 0.465. The van der Waals surface area contributed by atoms with Crippen molar-refractivity contribution < 1.29 is 9.13 Å². The van der Waals surface area contributed by atoms with Crippen LogP contribution < -0.4 is 10.5 Å². The molecule has 4 heteroatoms. The van der Waals surface area contributed by atoms with Crippen molar-refractivity contribution in [3.05, 3.63) is 28.5 Å².